The topological polar surface area (TPSA) is 46.2 Å². The van der Waals surface area contributed by atoms with E-state index in [1.165, 1.54) is 0 Å². The molecule has 112 valence electrons. The maximum atomic E-state index is 10.7. The van der Waals surface area contributed by atoms with Crippen molar-refractivity contribution in [1.29, 1.82) is 0 Å². The molecule has 0 radical (unpaired) electrons. The van der Waals surface area contributed by atoms with Crippen LogP contribution >= 0.6 is 23.2 Å². The molecule has 2 aromatic carbocycles. The Labute approximate surface area is 135 Å². The van der Waals surface area contributed by atoms with Crippen molar-refractivity contribution < 1.29 is 5.11 Å². The summed E-state index contributed by atoms with van der Waals surface area (Å²) in [5, 5.41) is 11.8. The lowest BCUT2D eigenvalue weighted by Gasteiger charge is -2.24. The Hall–Kier alpha value is -1.06. The summed E-state index contributed by atoms with van der Waals surface area (Å²) in [7, 11) is 0. The van der Waals surface area contributed by atoms with Crippen molar-refractivity contribution in [1.82, 2.24) is 0 Å². The summed E-state index contributed by atoms with van der Waals surface area (Å²) in [4.78, 5) is 0. The predicted octanol–water partition coefficient (Wildman–Crippen LogP) is 4.39. The Morgan fingerprint density at radius 3 is 2.19 bits per heavy atom. The Morgan fingerprint density at radius 2 is 1.67 bits per heavy atom. The van der Waals surface area contributed by atoms with Gasteiger partial charge >= 0.3 is 0 Å². The Morgan fingerprint density at radius 1 is 1.05 bits per heavy atom. The number of benzene rings is 2. The lowest BCUT2D eigenvalue weighted by atomic mass is 9.88. The first kappa shape index (κ1) is 16.3. The molecule has 0 aromatic heterocycles. The number of rotatable bonds is 4. The molecular weight excluding hydrogens is 305 g/mol. The molecule has 2 atom stereocenters. The first-order valence-corrected chi connectivity index (χ1v) is 7.59. The quantitative estimate of drug-likeness (QED) is 0.876. The van der Waals surface area contributed by atoms with Crippen LogP contribution in [-0.2, 0) is 0 Å². The lowest BCUT2D eigenvalue weighted by molar-refractivity contribution is 0.147. The maximum Gasteiger partial charge on any atom is 0.0871 e. The van der Waals surface area contributed by atoms with Gasteiger partial charge in [0.1, 0.15) is 0 Å². The SMILES string of the molecule is Cc1cc(C)cc(C(O)C(CN)c2ccc(Cl)cc2Cl)c1. The monoisotopic (exact) mass is 323 g/mol. The number of nitrogens with two attached hydrogens (primary N) is 1. The second-order valence-corrected chi connectivity index (χ2v) is 6.22. The van der Waals surface area contributed by atoms with Crippen LogP contribution in [0.4, 0.5) is 0 Å². The van der Waals surface area contributed by atoms with Gasteiger partial charge in [0.05, 0.1) is 6.10 Å². The van der Waals surface area contributed by atoms with E-state index >= 15 is 0 Å². The van der Waals surface area contributed by atoms with Gasteiger partial charge in [-0.3, -0.25) is 0 Å². The third kappa shape index (κ3) is 3.78. The summed E-state index contributed by atoms with van der Waals surface area (Å²) >= 11 is 12.2. The zero-order valence-electron chi connectivity index (χ0n) is 12.1. The minimum atomic E-state index is -0.702. The molecule has 0 spiro atoms. The highest BCUT2D eigenvalue weighted by atomic mass is 35.5. The van der Waals surface area contributed by atoms with Gasteiger partial charge in [0.25, 0.3) is 0 Å². The summed E-state index contributed by atoms with van der Waals surface area (Å²) in [6.07, 6.45) is -0.702. The van der Waals surface area contributed by atoms with Crippen LogP contribution in [0.2, 0.25) is 10.0 Å². The van der Waals surface area contributed by atoms with Gasteiger partial charge in [0.15, 0.2) is 0 Å². The third-order valence-corrected chi connectivity index (χ3v) is 4.14. The first-order valence-electron chi connectivity index (χ1n) is 6.83. The van der Waals surface area contributed by atoms with Crippen LogP contribution in [0.5, 0.6) is 0 Å². The van der Waals surface area contributed by atoms with Gasteiger partial charge in [-0.1, -0.05) is 58.6 Å². The van der Waals surface area contributed by atoms with E-state index in [9.17, 15) is 5.11 Å². The van der Waals surface area contributed by atoms with E-state index in [2.05, 4.69) is 6.07 Å². The average molecular weight is 324 g/mol. The van der Waals surface area contributed by atoms with Crippen molar-refractivity contribution in [2.24, 2.45) is 5.73 Å². The number of halogens is 2. The summed E-state index contributed by atoms with van der Waals surface area (Å²) in [5.41, 5.74) is 9.77. The fourth-order valence-corrected chi connectivity index (χ4v) is 3.19. The van der Waals surface area contributed by atoms with Gasteiger partial charge in [-0.15, -0.1) is 0 Å². The normalized spacial score (nSPS) is 14.0. The maximum absolute atomic E-state index is 10.7. The predicted molar refractivity (Wildman–Crippen MR) is 89.1 cm³/mol. The van der Waals surface area contributed by atoms with Gasteiger partial charge in [-0.25, -0.2) is 0 Å². The smallest absolute Gasteiger partial charge is 0.0871 e. The second-order valence-electron chi connectivity index (χ2n) is 5.37. The zero-order chi connectivity index (χ0) is 15.6. The summed E-state index contributed by atoms with van der Waals surface area (Å²) in [6.45, 7) is 4.32. The fourth-order valence-electron chi connectivity index (χ4n) is 2.64. The molecule has 4 heteroatoms. The number of aliphatic hydroxyl groups excluding tert-OH is 1. The van der Waals surface area contributed by atoms with E-state index in [0.717, 1.165) is 22.3 Å². The molecule has 0 fully saturated rings. The zero-order valence-corrected chi connectivity index (χ0v) is 13.6. The molecule has 2 rings (SSSR count). The molecule has 3 N–H and O–H groups in total. The van der Waals surface area contributed by atoms with Crippen LogP contribution in [0.25, 0.3) is 0 Å². The van der Waals surface area contributed by atoms with Crippen LogP contribution in [0.3, 0.4) is 0 Å². The van der Waals surface area contributed by atoms with E-state index < -0.39 is 6.10 Å². The van der Waals surface area contributed by atoms with E-state index in [4.69, 9.17) is 28.9 Å². The molecule has 0 aliphatic carbocycles. The molecule has 2 aromatic rings. The van der Waals surface area contributed by atoms with E-state index in [-0.39, 0.29) is 5.92 Å². The van der Waals surface area contributed by atoms with Crippen LogP contribution in [0.1, 0.15) is 34.3 Å². The van der Waals surface area contributed by atoms with Gasteiger partial charge in [-0.05, 0) is 37.1 Å². The molecule has 0 saturated carbocycles. The molecule has 0 saturated heterocycles. The number of aliphatic hydroxyl groups is 1. The molecule has 2 unspecified atom stereocenters. The highest BCUT2D eigenvalue weighted by Gasteiger charge is 2.24. The molecule has 0 bridgehead atoms. The van der Waals surface area contributed by atoms with Crippen LogP contribution in [-0.4, -0.2) is 11.7 Å². The highest BCUT2D eigenvalue weighted by molar-refractivity contribution is 6.35. The van der Waals surface area contributed by atoms with E-state index in [1.54, 1.807) is 12.1 Å². The molecule has 21 heavy (non-hydrogen) atoms. The van der Waals surface area contributed by atoms with Crippen molar-refractivity contribution in [2.75, 3.05) is 6.54 Å². The molecule has 0 aliphatic heterocycles. The van der Waals surface area contributed by atoms with E-state index in [0.29, 0.717) is 16.6 Å². The summed E-state index contributed by atoms with van der Waals surface area (Å²) < 4.78 is 0. The highest BCUT2D eigenvalue weighted by Crippen LogP contribution is 2.35. The van der Waals surface area contributed by atoms with Crippen LogP contribution < -0.4 is 5.73 Å². The Bertz CT molecular complexity index is 622. The minimum Gasteiger partial charge on any atom is -0.388 e. The number of hydrogen-bond acceptors (Lipinski definition) is 2. The minimum absolute atomic E-state index is 0.268. The van der Waals surface area contributed by atoms with Crippen LogP contribution in [0.15, 0.2) is 36.4 Å². The van der Waals surface area contributed by atoms with E-state index in [1.807, 2.05) is 32.0 Å². The van der Waals surface area contributed by atoms with Crippen molar-refractivity contribution in [3.63, 3.8) is 0 Å². The van der Waals surface area contributed by atoms with Crippen molar-refractivity contribution >= 4 is 23.2 Å². The molecule has 0 amide bonds. The van der Waals surface area contributed by atoms with Crippen molar-refractivity contribution in [3.8, 4) is 0 Å². The van der Waals surface area contributed by atoms with Crippen molar-refractivity contribution in [2.45, 2.75) is 25.9 Å². The molecule has 0 aliphatic rings. The lowest BCUT2D eigenvalue weighted by Crippen LogP contribution is -2.20. The molecular formula is C17H19Cl2NO. The summed E-state index contributed by atoms with van der Waals surface area (Å²) in [5.74, 6) is -0.268. The fraction of sp³-hybridized carbons (Fsp3) is 0.294. The molecule has 0 heterocycles. The second kappa shape index (κ2) is 6.80. The largest absolute Gasteiger partial charge is 0.388 e. The van der Waals surface area contributed by atoms with Gasteiger partial charge in [-0.2, -0.15) is 0 Å². The van der Waals surface area contributed by atoms with Gasteiger partial charge in [0, 0.05) is 22.5 Å². The Balaban J connectivity index is 2.40. The number of hydrogen-bond donors (Lipinski definition) is 2. The average Bonchev–Trinajstić information content (AvgIpc) is 2.40. The molecule has 2 nitrogen and oxygen atoms in total. The van der Waals surface area contributed by atoms with Gasteiger partial charge in [0.2, 0.25) is 0 Å². The summed E-state index contributed by atoms with van der Waals surface area (Å²) in [6, 6.07) is 11.3. The number of aryl methyl sites for hydroxylation is 2. The Kier molecular flexibility index (Phi) is 5.28. The van der Waals surface area contributed by atoms with Crippen molar-refractivity contribution in [3.05, 3.63) is 68.7 Å². The third-order valence-electron chi connectivity index (χ3n) is 3.58. The van der Waals surface area contributed by atoms with Crippen LogP contribution in [0, 0.1) is 13.8 Å². The van der Waals surface area contributed by atoms with Gasteiger partial charge < -0.3 is 10.8 Å². The standard InChI is InChI=1S/C17H19Cl2NO/c1-10-5-11(2)7-12(6-10)17(21)15(9-20)14-4-3-13(18)8-16(14)19/h3-8,15,17,21H,9,20H2,1-2H3. The first-order chi connectivity index (χ1) is 9.92.